The lowest BCUT2D eigenvalue weighted by molar-refractivity contribution is -0.140. The van der Waals surface area contributed by atoms with Crippen LogP contribution in [-0.4, -0.2) is 41.3 Å². The number of hydrogen-bond donors (Lipinski definition) is 1. The number of rotatable bonds is 5. The highest BCUT2D eigenvalue weighted by Gasteiger charge is 2.15. The average Bonchev–Trinajstić information content (AvgIpc) is 2.76. The van der Waals surface area contributed by atoms with E-state index in [1.807, 2.05) is 13.8 Å². The fourth-order valence-corrected chi connectivity index (χ4v) is 3.95. The number of aryl methyl sites for hydroxylation is 3. The van der Waals surface area contributed by atoms with Crippen LogP contribution < -0.4 is 5.32 Å². The van der Waals surface area contributed by atoms with E-state index in [-0.39, 0.29) is 18.2 Å². The Balaban J connectivity index is 2.11. The molecule has 118 valence electrons. The van der Waals surface area contributed by atoms with Gasteiger partial charge in [0.25, 0.3) is 0 Å². The van der Waals surface area contributed by atoms with Crippen LogP contribution >= 0.6 is 23.1 Å². The number of carbonyl (C=O) groups is 2. The zero-order chi connectivity index (χ0) is 16.3. The van der Waals surface area contributed by atoms with Crippen molar-refractivity contribution >= 4 is 45.2 Å². The van der Waals surface area contributed by atoms with Gasteiger partial charge in [-0.1, -0.05) is 11.8 Å². The van der Waals surface area contributed by atoms with Crippen molar-refractivity contribution in [3.63, 3.8) is 0 Å². The molecule has 0 bridgehead atoms. The molecule has 22 heavy (non-hydrogen) atoms. The van der Waals surface area contributed by atoms with Crippen LogP contribution in [0.2, 0.25) is 0 Å². The lowest BCUT2D eigenvalue weighted by Crippen LogP contribution is -2.31. The highest BCUT2D eigenvalue weighted by Crippen LogP contribution is 2.34. The number of nitrogens with one attached hydrogen (secondary N) is 1. The molecule has 0 saturated heterocycles. The number of fused-ring (bicyclic) bond motifs is 1. The summed E-state index contributed by atoms with van der Waals surface area (Å²) < 4.78 is 4.48. The minimum absolute atomic E-state index is 0.120. The van der Waals surface area contributed by atoms with Crippen LogP contribution in [0.25, 0.3) is 10.2 Å². The Bertz CT molecular complexity index is 728. The van der Waals surface area contributed by atoms with Crippen LogP contribution in [0.4, 0.5) is 0 Å². The fourth-order valence-electron chi connectivity index (χ4n) is 1.85. The number of aromatic nitrogens is 2. The van der Waals surface area contributed by atoms with E-state index >= 15 is 0 Å². The quantitative estimate of drug-likeness (QED) is 0.510. The number of methoxy groups -OCH3 is 1. The van der Waals surface area contributed by atoms with Crippen molar-refractivity contribution in [1.82, 2.24) is 15.3 Å². The molecule has 6 nitrogen and oxygen atoms in total. The standard InChI is InChI=1S/C14H17N3O3S2/c1-7-8(2)22-14-12(7)13(16-9(3)17-14)21-6-10(18)15-5-11(19)20-4/h5-6H2,1-4H3,(H,15,18). The molecule has 0 fully saturated rings. The van der Waals surface area contributed by atoms with E-state index in [9.17, 15) is 9.59 Å². The lowest BCUT2D eigenvalue weighted by atomic mass is 10.2. The first-order valence-corrected chi connectivity index (χ1v) is 8.43. The van der Waals surface area contributed by atoms with E-state index in [2.05, 4.69) is 26.9 Å². The van der Waals surface area contributed by atoms with Crippen LogP contribution in [-0.2, 0) is 14.3 Å². The highest BCUT2D eigenvalue weighted by molar-refractivity contribution is 8.00. The number of amides is 1. The molecule has 0 spiro atoms. The second kappa shape index (κ2) is 7.06. The number of nitrogens with zero attached hydrogens (tertiary/aromatic N) is 2. The van der Waals surface area contributed by atoms with Gasteiger partial charge in [0.2, 0.25) is 5.91 Å². The van der Waals surface area contributed by atoms with E-state index in [0.29, 0.717) is 5.82 Å². The molecule has 2 aromatic heterocycles. The first-order valence-electron chi connectivity index (χ1n) is 6.63. The van der Waals surface area contributed by atoms with Gasteiger partial charge in [0.1, 0.15) is 22.2 Å². The van der Waals surface area contributed by atoms with Gasteiger partial charge in [-0.3, -0.25) is 9.59 Å². The summed E-state index contributed by atoms with van der Waals surface area (Å²) in [6, 6.07) is 0. The van der Waals surface area contributed by atoms with Crippen molar-refractivity contribution in [2.75, 3.05) is 19.4 Å². The summed E-state index contributed by atoms with van der Waals surface area (Å²) in [5.41, 5.74) is 1.15. The third kappa shape index (κ3) is 3.75. The smallest absolute Gasteiger partial charge is 0.325 e. The molecule has 0 atom stereocenters. The average molecular weight is 339 g/mol. The van der Waals surface area contributed by atoms with Crippen molar-refractivity contribution in [2.45, 2.75) is 25.8 Å². The summed E-state index contributed by atoms with van der Waals surface area (Å²) in [5.74, 6) is 0.176. The van der Waals surface area contributed by atoms with E-state index in [4.69, 9.17) is 0 Å². The summed E-state index contributed by atoms with van der Waals surface area (Å²) in [6.07, 6.45) is 0. The van der Waals surface area contributed by atoms with Crippen molar-refractivity contribution < 1.29 is 14.3 Å². The van der Waals surface area contributed by atoms with Crippen LogP contribution in [0.3, 0.4) is 0 Å². The van der Waals surface area contributed by atoms with Gasteiger partial charge >= 0.3 is 5.97 Å². The maximum atomic E-state index is 11.8. The van der Waals surface area contributed by atoms with E-state index < -0.39 is 5.97 Å². The highest BCUT2D eigenvalue weighted by atomic mass is 32.2. The van der Waals surface area contributed by atoms with E-state index in [1.165, 1.54) is 23.7 Å². The number of hydrogen-bond acceptors (Lipinski definition) is 7. The molecule has 0 aliphatic heterocycles. The fraction of sp³-hybridized carbons (Fsp3) is 0.429. The van der Waals surface area contributed by atoms with Crippen LogP contribution in [0.5, 0.6) is 0 Å². The Morgan fingerprint density at radius 2 is 2.00 bits per heavy atom. The number of thiophene rings is 1. The van der Waals surface area contributed by atoms with Crippen LogP contribution in [0, 0.1) is 20.8 Å². The number of esters is 1. The van der Waals surface area contributed by atoms with Crippen molar-refractivity contribution in [1.29, 1.82) is 0 Å². The van der Waals surface area contributed by atoms with Crippen LogP contribution in [0.15, 0.2) is 5.03 Å². The minimum Gasteiger partial charge on any atom is -0.468 e. The minimum atomic E-state index is -0.470. The van der Waals surface area contributed by atoms with Crippen LogP contribution in [0.1, 0.15) is 16.3 Å². The van der Waals surface area contributed by atoms with Gasteiger partial charge in [-0.15, -0.1) is 11.3 Å². The summed E-state index contributed by atoms with van der Waals surface area (Å²) in [7, 11) is 1.28. The normalized spacial score (nSPS) is 10.7. The molecule has 8 heteroatoms. The third-order valence-electron chi connectivity index (χ3n) is 3.10. The largest absolute Gasteiger partial charge is 0.468 e. The Kier molecular flexibility index (Phi) is 5.36. The monoisotopic (exact) mass is 339 g/mol. The van der Waals surface area contributed by atoms with Crippen molar-refractivity contribution in [3.8, 4) is 0 Å². The van der Waals surface area contributed by atoms with Gasteiger partial charge in [0.05, 0.1) is 12.9 Å². The Morgan fingerprint density at radius 3 is 2.68 bits per heavy atom. The molecule has 1 amide bonds. The summed E-state index contributed by atoms with van der Waals surface area (Å²) >= 11 is 2.98. The molecule has 0 aromatic carbocycles. The molecule has 0 aliphatic carbocycles. The second-order valence-electron chi connectivity index (χ2n) is 4.68. The lowest BCUT2D eigenvalue weighted by Gasteiger charge is -2.06. The topological polar surface area (TPSA) is 81.2 Å². The molecule has 0 unspecified atom stereocenters. The zero-order valence-corrected chi connectivity index (χ0v) is 14.5. The first kappa shape index (κ1) is 16.7. The van der Waals surface area contributed by atoms with Gasteiger partial charge < -0.3 is 10.1 Å². The van der Waals surface area contributed by atoms with Gasteiger partial charge in [-0.05, 0) is 26.3 Å². The molecular weight excluding hydrogens is 322 g/mol. The molecule has 1 N–H and O–H groups in total. The van der Waals surface area contributed by atoms with Crippen molar-refractivity contribution in [2.24, 2.45) is 0 Å². The molecule has 2 heterocycles. The summed E-state index contributed by atoms with van der Waals surface area (Å²) in [4.78, 5) is 33.8. The molecule has 2 rings (SSSR count). The molecule has 2 aromatic rings. The van der Waals surface area contributed by atoms with E-state index in [0.717, 1.165) is 20.8 Å². The van der Waals surface area contributed by atoms with Crippen molar-refractivity contribution in [3.05, 3.63) is 16.3 Å². The Labute approximate surface area is 136 Å². The Hall–Kier alpha value is -1.67. The van der Waals surface area contributed by atoms with Gasteiger partial charge in [0, 0.05) is 10.3 Å². The van der Waals surface area contributed by atoms with Gasteiger partial charge in [0.15, 0.2) is 0 Å². The molecule has 0 aliphatic rings. The number of ether oxygens (including phenoxy) is 1. The zero-order valence-electron chi connectivity index (χ0n) is 12.8. The third-order valence-corrected chi connectivity index (χ3v) is 5.18. The SMILES string of the molecule is COC(=O)CNC(=O)CSc1nc(C)nc2sc(C)c(C)c12. The maximum Gasteiger partial charge on any atom is 0.325 e. The van der Waals surface area contributed by atoms with E-state index in [1.54, 1.807) is 11.3 Å². The predicted molar refractivity (Wildman–Crippen MR) is 87.4 cm³/mol. The molecular formula is C14H17N3O3S2. The number of thioether (sulfide) groups is 1. The first-order chi connectivity index (χ1) is 10.4. The van der Waals surface area contributed by atoms with Gasteiger partial charge in [-0.25, -0.2) is 9.97 Å². The number of carbonyl (C=O) groups excluding carboxylic acids is 2. The second-order valence-corrected chi connectivity index (χ2v) is 6.85. The molecule has 0 saturated carbocycles. The summed E-state index contributed by atoms with van der Waals surface area (Å²) in [6.45, 7) is 5.80. The maximum absolute atomic E-state index is 11.8. The predicted octanol–water partition coefficient (Wildman–Crippen LogP) is 2.00. The molecule has 0 radical (unpaired) electrons. The summed E-state index contributed by atoms with van der Waals surface area (Å²) in [5, 5.41) is 4.33. The Morgan fingerprint density at radius 1 is 1.27 bits per heavy atom. The van der Waals surface area contributed by atoms with Gasteiger partial charge in [-0.2, -0.15) is 0 Å².